The minimum absolute atomic E-state index is 0.0756. The SMILES string of the molecule is BCCC1C(=O)NC2(C(O)C3CCCCC3)C(=O)OC12C. The Morgan fingerprint density at radius 1 is 1.38 bits per heavy atom. The number of hydrogen-bond acceptors (Lipinski definition) is 4. The third kappa shape index (κ3) is 1.81. The van der Waals surface area contributed by atoms with E-state index in [1.54, 1.807) is 6.92 Å². The van der Waals surface area contributed by atoms with Crippen molar-refractivity contribution < 1.29 is 19.4 Å². The summed E-state index contributed by atoms with van der Waals surface area (Å²) in [6, 6.07) is 0. The summed E-state index contributed by atoms with van der Waals surface area (Å²) in [5.41, 5.74) is -2.11. The monoisotopic (exact) mass is 293 g/mol. The average Bonchev–Trinajstić information content (AvgIpc) is 2.65. The fourth-order valence-electron chi connectivity index (χ4n) is 4.55. The van der Waals surface area contributed by atoms with E-state index in [1.807, 2.05) is 7.85 Å². The molecule has 3 aliphatic rings. The Morgan fingerprint density at radius 2 is 2.05 bits per heavy atom. The first-order chi connectivity index (χ1) is 9.97. The molecule has 21 heavy (non-hydrogen) atoms. The maximum atomic E-state index is 12.3. The number of aliphatic hydroxyl groups is 1. The molecule has 0 spiro atoms. The molecular formula is C15H24BNO4. The lowest BCUT2D eigenvalue weighted by Crippen LogP contribution is -2.80. The molecular weight excluding hydrogens is 269 g/mol. The number of ether oxygens (including phenoxy) is 1. The number of fused-ring (bicyclic) bond motifs is 1. The second kappa shape index (κ2) is 5.01. The Labute approximate surface area is 126 Å². The van der Waals surface area contributed by atoms with E-state index in [4.69, 9.17) is 4.74 Å². The van der Waals surface area contributed by atoms with E-state index in [1.165, 1.54) is 6.42 Å². The largest absolute Gasteiger partial charge is 0.453 e. The van der Waals surface area contributed by atoms with E-state index >= 15 is 0 Å². The number of hydrogen-bond donors (Lipinski definition) is 2. The van der Waals surface area contributed by atoms with Crippen molar-refractivity contribution in [2.75, 3.05) is 0 Å². The van der Waals surface area contributed by atoms with Gasteiger partial charge >= 0.3 is 5.97 Å². The molecule has 0 bridgehead atoms. The highest BCUT2D eigenvalue weighted by atomic mass is 16.6. The molecule has 1 saturated carbocycles. The lowest BCUT2D eigenvalue weighted by Gasteiger charge is -2.55. The zero-order chi connectivity index (χ0) is 15.3. The summed E-state index contributed by atoms with van der Waals surface area (Å²) in [5, 5.41) is 13.7. The number of carbonyl (C=O) groups is 2. The molecule has 2 N–H and O–H groups in total. The van der Waals surface area contributed by atoms with E-state index in [0.717, 1.165) is 32.0 Å². The van der Waals surface area contributed by atoms with Crippen molar-refractivity contribution in [3.05, 3.63) is 0 Å². The van der Waals surface area contributed by atoms with Gasteiger partial charge in [-0.15, -0.1) is 0 Å². The van der Waals surface area contributed by atoms with Crippen LogP contribution < -0.4 is 5.32 Å². The molecule has 0 radical (unpaired) electrons. The Hall–Kier alpha value is -1.04. The molecule has 1 amide bonds. The minimum atomic E-state index is -1.22. The average molecular weight is 293 g/mol. The summed E-state index contributed by atoms with van der Waals surface area (Å²) in [6.07, 6.45) is 5.86. The van der Waals surface area contributed by atoms with Crippen LogP contribution in [0.4, 0.5) is 0 Å². The Morgan fingerprint density at radius 3 is 2.62 bits per heavy atom. The maximum Gasteiger partial charge on any atom is 0.339 e. The summed E-state index contributed by atoms with van der Waals surface area (Å²) >= 11 is 0. The molecule has 116 valence electrons. The van der Waals surface area contributed by atoms with Crippen LogP contribution in [0.3, 0.4) is 0 Å². The van der Waals surface area contributed by atoms with Gasteiger partial charge in [-0.05, 0) is 32.1 Å². The summed E-state index contributed by atoms with van der Waals surface area (Å²) < 4.78 is 5.42. The van der Waals surface area contributed by atoms with Gasteiger partial charge in [-0.2, -0.15) is 0 Å². The maximum absolute atomic E-state index is 12.3. The van der Waals surface area contributed by atoms with Gasteiger partial charge in [-0.1, -0.05) is 25.6 Å². The predicted molar refractivity (Wildman–Crippen MR) is 79.4 cm³/mol. The van der Waals surface area contributed by atoms with E-state index in [2.05, 4.69) is 5.32 Å². The van der Waals surface area contributed by atoms with Gasteiger partial charge in [0.25, 0.3) is 0 Å². The van der Waals surface area contributed by atoms with Crippen molar-refractivity contribution in [2.45, 2.75) is 69.0 Å². The van der Waals surface area contributed by atoms with Crippen LogP contribution >= 0.6 is 0 Å². The Balaban J connectivity index is 1.90. The molecule has 0 aromatic carbocycles. The standard InChI is InChI=1S/C15H24BNO4/c1-14-10(7-8-16)12(19)17-15(14,13(20)21-14)11(18)9-5-3-2-4-6-9/h9-11,18H,2-8,16H2,1H3,(H,17,19). The second-order valence-electron chi connectivity index (χ2n) is 6.98. The summed E-state index contributed by atoms with van der Waals surface area (Å²) in [7, 11) is 2.01. The quantitative estimate of drug-likeness (QED) is 0.572. The van der Waals surface area contributed by atoms with Crippen molar-refractivity contribution in [2.24, 2.45) is 11.8 Å². The number of amides is 1. The lowest BCUT2D eigenvalue weighted by molar-refractivity contribution is -0.240. The van der Waals surface area contributed by atoms with Crippen LogP contribution in [0.1, 0.15) is 45.4 Å². The highest BCUT2D eigenvalue weighted by Gasteiger charge is 2.79. The van der Waals surface area contributed by atoms with Crippen LogP contribution in [-0.2, 0) is 14.3 Å². The van der Waals surface area contributed by atoms with Crippen LogP contribution in [0.2, 0.25) is 6.32 Å². The van der Waals surface area contributed by atoms with Crippen molar-refractivity contribution in [3.8, 4) is 0 Å². The van der Waals surface area contributed by atoms with E-state index in [-0.39, 0.29) is 17.7 Å². The fraction of sp³-hybridized carbons (Fsp3) is 0.867. The number of aliphatic hydroxyl groups excluding tert-OH is 1. The number of rotatable bonds is 4. The third-order valence-corrected chi connectivity index (χ3v) is 5.83. The second-order valence-corrected chi connectivity index (χ2v) is 6.98. The predicted octanol–water partition coefficient (Wildman–Crippen LogP) is 0.169. The smallest absolute Gasteiger partial charge is 0.339 e. The van der Waals surface area contributed by atoms with Gasteiger partial charge in [0.2, 0.25) is 11.4 Å². The first-order valence-electron chi connectivity index (χ1n) is 8.21. The van der Waals surface area contributed by atoms with Crippen molar-refractivity contribution in [1.29, 1.82) is 0 Å². The molecule has 4 atom stereocenters. The van der Waals surface area contributed by atoms with E-state index < -0.39 is 23.2 Å². The lowest BCUT2D eigenvalue weighted by atomic mass is 9.63. The normalized spacial score (nSPS) is 41.0. The summed E-state index contributed by atoms with van der Waals surface area (Å²) in [5.74, 6) is -0.889. The number of esters is 1. The van der Waals surface area contributed by atoms with Gasteiger partial charge < -0.3 is 15.2 Å². The van der Waals surface area contributed by atoms with Gasteiger partial charge in [0, 0.05) is 0 Å². The minimum Gasteiger partial charge on any atom is -0.453 e. The van der Waals surface area contributed by atoms with Crippen LogP contribution in [0.15, 0.2) is 0 Å². The van der Waals surface area contributed by atoms with Gasteiger partial charge in [-0.3, -0.25) is 4.79 Å². The van der Waals surface area contributed by atoms with Gasteiger partial charge in [0.1, 0.15) is 7.85 Å². The molecule has 0 aromatic rings. The van der Waals surface area contributed by atoms with Gasteiger partial charge in [0.05, 0.1) is 12.0 Å². The summed E-state index contributed by atoms with van der Waals surface area (Å²) in [6.45, 7) is 1.80. The van der Waals surface area contributed by atoms with Crippen LogP contribution in [0.5, 0.6) is 0 Å². The van der Waals surface area contributed by atoms with Crippen LogP contribution in [0.25, 0.3) is 0 Å². The number of nitrogens with one attached hydrogen (secondary N) is 1. The topological polar surface area (TPSA) is 75.6 Å². The highest BCUT2D eigenvalue weighted by molar-refractivity contribution is 6.09. The van der Waals surface area contributed by atoms with Gasteiger partial charge in [0.15, 0.2) is 5.60 Å². The third-order valence-electron chi connectivity index (χ3n) is 5.83. The number of carbonyl (C=O) groups excluding carboxylic acids is 2. The molecule has 0 aromatic heterocycles. The zero-order valence-electron chi connectivity index (χ0n) is 12.9. The van der Waals surface area contributed by atoms with Crippen molar-refractivity contribution >= 4 is 19.7 Å². The van der Waals surface area contributed by atoms with Gasteiger partial charge in [-0.25, -0.2) is 4.79 Å². The van der Waals surface area contributed by atoms with Crippen LogP contribution in [-0.4, -0.2) is 42.1 Å². The first kappa shape index (κ1) is 14.9. The fourth-order valence-corrected chi connectivity index (χ4v) is 4.55. The molecule has 3 rings (SSSR count). The molecule has 6 heteroatoms. The Kier molecular flexibility index (Phi) is 3.55. The molecule has 2 heterocycles. The molecule has 2 saturated heterocycles. The van der Waals surface area contributed by atoms with E-state index in [0.29, 0.717) is 6.42 Å². The zero-order valence-corrected chi connectivity index (χ0v) is 12.9. The molecule has 1 aliphatic carbocycles. The Bertz CT molecular complexity index is 465. The molecule has 4 unspecified atom stereocenters. The van der Waals surface area contributed by atoms with Crippen LogP contribution in [0, 0.1) is 11.8 Å². The molecule has 5 nitrogen and oxygen atoms in total. The molecule has 3 fully saturated rings. The van der Waals surface area contributed by atoms with Crippen molar-refractivity contribution in [1.82, 2.24) is 5.32 Å². The molecule has 2 aliphatic heterocycles. The van der Waals surface area contributed by atoms with Crippen molar-refractivity contribution in [3.63, 3.8) is 0 Å². The highest BCUT2D eigenvalue weighted by Crippen LogP contribution is 2.53. The summed E-state index contributed by atoms with van der Waals surface area (Å²) in [4.78, 5) is 24.5. The first-order valence-corrected chi connectivity index (χ1v) is 8.21. The van der Waals surface area contributed by atoms with E-state index in [9.17, 15) is 14.7 Å².